The van der Waals surface area contributed by atoms with E-state index in [0.29, 0.717) is 23.3 Å². The van der Waals surface area contributed by atoms with Crippen LogP contribution in [-0.2, 0) is 16.0 Å². The minimum atomic E-state index is -1.33. The van der Waals surface area contributed by atoms with Crippen molar-refractivity contribution < 1.29 is 23.8 Å². The quantitative estimate of drug-likeness (QED) is 0.644. The molecule has 0 aliphatic carbocycles. The second-order valence-corrected chi connectivity index (χ2v) is 7.36. The lowest BCUT2D eigenvalue weighted by Crippen LogP contribution is -2.54. The Morgan fingerprint density at radius 1 is 1.24 bits per heavy atom. The molecular formula is C22H28NO6-. The fraction of sp³-hybridized carbons (Fsp3) is 0.500. The lowest BCUT2D eigenvalue weighted by molar-refractivity contribution is -0.309. The Morgan fingerprint density at radius 3 is 2.52 bits per heavy atom. The molecule has 0 saturated carbocycles. The van der Waals surface area contributed by atoms with Gasteiger partial charge in [-0.15, -0.1) is 0 Å². The molecule has 7 nitrogen and oxygen atoms in total. The van der Waals surface area contributed by atoms with Crippen molar-refractivity contribution in [2.75, 3.05) is 0 Å². The average molecular weight is 402 g/mol. The van der Waals surface area contributed by atoms with Crippen LogP contribution in [0.15, 0.2) is 27.4 Å². The zero-order valence-electron chi connectivity index (χ0n) is 17.5. The highest BCUT2D eigenvalue weighted by atomic mass is 16.5. The van der Waals surface area contributed by atoms with E-state index < -0.39 is 29.6 Å². The second kappa shape index (κ2) is 9.58. The average Bonchev–Trinajstić information content (AvgIpc) is 2.67. The number of aryl methyl sites for hydroxylation is 2. The number of hydrogen-bond donors (Lipinski definition) is 1. The summed E-state index contributed by atoms with van der Waals surface area (Å²) in [6, 6.07) is 3.94. The summed E-state index contributed by atoms with van der Waals surface area (Å²) in [5, 5.41) is 14.6. The van der Waals surface area contributed by atoms with Crippen molar-refractivity contribution in [3.8, 4) is 5.75 Å². The molecule has 0 aliphatic heterocycles. The Bertz CT molecular complexity index is 948. The van der Waals surface area contributed by atoms with Crippen molar-refractivity contribution in [1.82, 2.24) is 5.32 Å². The summed E-state index contributed by atoms with van der Waals surface area (Å²) < 4.78 is 11.1. The molecule has 0 fully saturated rings. The van der Waals surface area contributed by atoms with Gasteiger partial charge in [0.2, 0.25) is 0 Å². The number of carboxylic acid groups (broad SMARTS) is 1. The van der Waals surface area contributed by atoms with Crippen LogP contribution in [0.25, 0.3) is 11.0 Å². The number of nitrogens with one attached hydrogen (secondary N) is 1. The van der Waals surface area contributed by atoms with Crippen LogP contribution in [0.4, 0.5) is 0 Å². The zero-order chi connectivity index (χ0) is 21.7. The molecule has 2 aromatic rings. The molecular weight excluding hydrogens is 374 g/mol. The molecule has 1 aromatic heterocycles. The molecule has 0 saturated heterocycles. The fourth-order valence-electron chi connectivity index (χ4n) is 3.20. The minimum Gasteiger partial charge on any atom is -0.548 e. The molecule has 2 rings (SSSR count). The number of carbonyl (C=O) groups is 2. The third-order valence-electron chi connectivity index (χ3n) is 5.15. The third-order valence-corrected chi connectivity index (χ3v) is 5.15. The number of carboxylic acids is 1. The number of hydrogen-bond acceptors (Lipinski definition) is 6. The Labute approximate surface area is 170 Å². The first-order valence-electron chi connectivity index (χ1n) is 9.93. The van der Waals surface area contributed by atoms with Gasteiger partial charge in [0, 0.05) is 17.0 Å². The van der Waals surface area contributed by atoms with Crippen LogP contribution < -0.4 is 20.8 Å². The highest BCUT2D eigenvalue weighted by Crippen LogP contribution is 2.29. The summed E-state index contributed by atoms with van der Waals surface area (Å²) in [4.78, 5) is 35.7. The minimum absolute atomic E-state index is 0.273. The first-order chi connectivity index (χ1) is 13.7. The van der Waals surface area contributed by atoms with Crippen LogP contribution in [0, 0.1) is 12.8 Å². The molecule has 0 spiro atoms. The van der Waals surface area contributed by atoms with Gasteiger partial charge in [-0.3, -0.25) is 4.79 Å². The third kappa shape index (κ3) is 5.16. The van der Waals surface area contributed by atoms with Gasteiger partial charge in [0.15, 0.2) is 6.10 Å². The van der Waals surface area contributed by atoms with E-state index in [9.17, 15) is 19.5 Å². The number of fused-ring (bicyclic) bond motifs is 1. The number of aliphatic carboxylic acids is 1. The second-order valence-electron chi connectivity index (χ2n) is 7.36. The van der Waals surface area contributed by atoms with E-state index in [0.717, 1.165) is 23.8 Å². The van der Waals surface area contributed by atoms with Crippen LogP contribution in [0.1, 0.15) is 51.7 Å². The van der Waals surface area contributed by atoms with E-state index in [1.807, 2.05) is 13.8 Å². The van der Waals surface area contributed by atoms with Crippen LogP contribution in [0.5, 0.6) is 5.75 Å². The lowest BCUT2D eigenvalue weighted by atomic mass is 9.99. The van der Waals surface area contributed by atoms with Crippen LogP contribution in [-0.4, -0.2) is 24.0 Å². The van der Waals surface area contributed by atoms with Gasteiger partial charge in [0.25, 0.3) is 5.91 Å². The standard InChI is InChI=1S/C22H29NO6/c1-6-8-15-11-18(24)29-20-13(4)17(10-9-16(15)20)28-14(5)21(25)23-19(22(26)27)12(3)7-2/h9-12,14,19H,6-8H2,1-5H3,(H,23,25)(H,26,27)/p-1/t12-,14-,19-/m0/s1. The molecule has 1 amide bonds. The number of amides is 1. The Hall–Kier alpha value is -2.83. The molecule has 0 bridgehead atoms. The molecule has 7 heteroatoms. The van der Waals surface area contributed by atoms with Gasteiger partial charge in [-0.05, 0) is 43.9 Å². The maximum Gasteiger partial charge on any atom is 0.336 e. The molecule has 3 atom stereocenters. The van der Waals surface area contributed by atoms with E-state index in [1.165, 1.54) is 13.0 Å². The summed E-state index contributed by atoms with van der Waals surface area (Å²) in [5.74, 6) is -1.76. The molecule has 1 heterocycles. The zero-order valence-corrected chi connectivity index (χ0v) is 17.5. The first-order valence-corrected chi connectivity index (χ1v) is 9.93. The maximum absolute atomic E-state index is 12.5. The number of benzene rings is 1. The smallest absolute Gasteiger partial charge is 0.336 e. The molecule has 0 radical (unpaired) electrons. The van der Waals surface area contributed by atoms with Crippen molar-refractivity contribution in [3.05, 3.63) is 39.7 Å². The van der Waals surface area contributed by atoms with Crippen LogP contribution >= 0.6 is 0 Å². The molecule has 1 N–H and O–H groups in total. The monoisotopic (exact) mass is 402 g/mol. The Kier molecular flexibility index (Phi) is 7.42. The van der Waals surface area contributed by atoms with Crippen LogP contribution in [0.3, 0.4) is 0 Å². The fourth-order valence-corrected chi connectivity index (χ4v) is 3.20. The topological polar surface area (TPSA) is 109 Å². The molecule has 1 aromatic carbocycles. The first kappa shape index (κ1) is 22.5. The van der Waals surface area contributed by atoms with Crippen LogP contribution in [0.2, 0.25) is 0 Å². The number of carbonyl (C=O) groups excluding carboxylic acids is 2. The van der Waals surface area contributed by atoms with E-state index >= 15 is 0 Å². The molecule has 0 aliphatic rings. The van der Waals surface area contributed by atoms with E-state index in [-0.39, 0.29) is 5.92 Å². The summed E-state index contributed by atoms with van der Waals surface area (Å²) in [5.41, 5.74) is 1.51. The largest absolute Gasteiger partial charge is 0.548 e. The van der Waals surface area contributed by atoms with Gasteiger partial charge in [-0.2, -0.15) is 0 Å². The summed E-state index contributed by atoms with van der Waals surface area (Å²) in [7, 11) is 0. The van der Waals surface area contributed by atoms with Gasteiger partial charge in [0.05, 0.1) is 12.0 Å². The normalized spacial score (nSPS) is 14.2. The van der Waals surface area contributed by atoms with E-state index in [2.05, 4.69) is 5.32 Å². The van der Waals surface area contributed by atoms with E-state index in [4.69, 9.17) is 9.15 Å². The van der Waals surface area contributed by atoms with Gasteiger partial charge >= 0.3 is 5.63 Å². The van der Waals surface area contributed by atoms with Gasteiger partial charge < -0.3 is 24.4 Å². The highest BCUT2D eigenvalue weighted by Gasteiger charge is 2.24. The lowest BCUT2D eigenvalue weighted by Gasteiger charge is -2.27. The van der Waals surface area contributed by atoms with Crippen molar-refractivity contribution in [3.63, 3.8) is 0 Å². The van der Waals surface area contributed by atoms with Gasteiger partial charge in [0.1, 0.15) is 11.3 Å². The van der Waals surface area contributed by atoms with Gasteiger partial charge in [-0.25, -0.2) is 4.79 Å². The Morgan fingerprint density at radius 2 is 1.93 bits per heavy atom. The van der Waals surface area contributed by atoms with E-state index in [1.54, 1.807) is 26.0 Å². The summed E-state index contributed by atoms with van der Waals surface area (Å²) in [6.07, 6.45) is 1.28. The molecule has 0 unspecified atom stereocenters. The SMILES string of the molecule is CCCc1cc(=O)oc2c(C)c(O[C@@H](C)C(=O)N[C@H](C(=O)[O-])[C@@H](C)CC)ccc12. The predicted molar refractivity (Wildman–Crippen MR) is 108 cm³/mol. The van der Waals surface area contributed by atoms with Gasteiger partial charge in [-0.1, -0.05) is 33.6 Å². The maximum atomic E-state index is 12.5. The van der Waals surface area contributed by atoms with Crippen molar-refractivity contribution in [1.29, 1.82) is 0 Å². The predicted octanol–water partition coefficient (Wildman–Crippen LogP) is 2.10. The Balaban J connectivity index is 2.27. The molecule has 29 heavy (non-hydrogen) atoms. The highest BCUT2D eigenvalue weighted by molar-refractivity contribution is 5.87. The van der Waals surface area contributed by atoms with Crippen molar-refractivity contribution in [2.45, 2.75) is 66.0 Å². The number of rotatable bonds is 9. The summed E-state index contributed by atoms with van der Waals surface area (Å²) in [6.45, 7) is 8.89. The molecule has 158 valence electrons. The number of ether oxygens (including phenoxy) is 1. The summed E-state index contributed by atoms with van der Waals surface area (Å²) >= 11 is 0. The van der Waals surface area contributed by atoms with Crippen molar-refractivity contribution in [2.24, 2.45) is 5.92 Å². The van der Waals surface area contributed by atoms with Crippen molar-refractivity contribution >= 4 is 22.8 Å².